The van der Waals surface area contributed by atoms with Crippen molar-refractivity contribution >= 4 is 29.0 Å². The lowest BCUT2D eigenvalue weighted by Gasteiger charge is -2.31. The van der Waals surface area contributed by atoms with E-state index >= 15 is 0 Å². The highest BCUT2D eigenvalue weighted by Crippen LogP contribution is 2.44. The summed E-state index contributed by atoms with van der Waals surface area (Å²) >= 11 is 1.36. The summed E-state index contributed by atoms with van der Waals surface area (Å²) in [6, 6.07) is 9.75. The summed E-state index contributed by atoms with van der Waals surface area (Å²) in [5.41, 5.74) is 0.677. The van der Waals surface area contributed by atoms with Crippen molar-refractivity contribution < 1.29 is 23.9 Å². The highest BCUT2D eigenvalue weighted by molar-refractivity contribution is 7.99. The maximum atomic E-state index is 13.3. The largest absolute Gasteiger partial charge is 0.454 e. The van der Waals surface area contributed by atoms with Crippen molar-refractivity contribution in [2.45, 2.75) is 38.0 Å². The van der Waals surface area contributed by atoms with E-state index in [9.17, 15) is 19.7 Å². The number of rotatable bonds is 6. The number of carbonyl (C=O) groups is 1. The summed E-state index contributed by atoms with van der Waals surface area (Å²) in [5.74, 6) is 0.998. The van der Waals surface area contributed by atoms with Gasteiger partial charge in [0.15, 0.2) is 11.5 Å². The highest BCUT2D eigenvalue weighted by Gasteiger charge is 2.48. The third-order valence-electron chi connectivity index (χ3n) is 5.77. The Kier molecular flexibility index (Phi) is 5.89. The van der Waals surface area contributed by atoms with Crippen LogP contribution in [0.1, 0.15) is 38.4 Å². The fraction of sp³-hybridized carbons (Fsp3) is 0.304. The minimum Gasteiger partial charge on any atom is -0.454 e. The summed E-state index contributed by atoms with van der Waals surface area (Å²) in [6.45, 7) is 3.65. The molecule has 1 aromatic heterocycles. The van der Waals surface area contributed by atoms with Gasteiger partial charge in [-0.05, 0) is 23.2 Å². The first-order valence-corrected chi connectivity index (χ1v) is 12.1. The van der Waals surface area contributed by atoms with Gasteiger partial charge in [-0.2, -0.15) is 0 Å². The van der Waals surface area contributed by atoms with Crippen LogP contribution in [0.3, 0.4) is 0 Å². The van der Waals surface area contributed by atoms with Gasteiger partial charge < -0.3 is 9.47 Å². The minimum atomic E-state index is -1.09. The van der Waals surface area contributed by atoms with Crippen LogP contribution in [0.4, 0.5) is 11.4 Å². The molecule has 12 heteroatoms. The third kappa shape index (κ3) is 3.79. The number of fused-ring (bicyclic) bond motifs is 4. The van der Waals surface area contributed by atoms with E-state index in [0.717, 1.165) is 6.42 Å². The van der Waals surface area contributed by atoms with Crippen molar-refractivity contribution in [1.29, 1.82) is 0 Å². The first-order chi connectivity index (χ1) is 16.9. The second-order valence-electron chi connectivity index (χ2n) is 7.93. The lowest BCUT2D eigenvalue weighted by molar-refractivity contribution is -0.763. The van der Waals surface area contributed by atoms with Crippen molar-refractivity contribution in [3.05, 3.63) is 62.4 Å². The molecule has 1 atom stereocenters. The number of H-pyrrole nitrogens is 1. The Morgan fingerprint density at radius 3 is 2.74 bits per heavy atom. The molecule has 11 nitrogen and oxygen atoms in total. The Balaban J connectivity index is 1.85. The zero-order valence-electron chi connectivity index (χ0n) is 19.0. The van der Waals surface area contributed by atoms with Crippen molar-refractivity contribution in [3.63, 3.8) is 0 Å². The van der Waals surface area contributed by atoms with Crippen LogP contribution in [0.5, 0.6) is 11.5 Å². The molecule has 35 heavy (non-hydrogen) atoms. The van der Waals surface area contributed by atoms with E-state index in [2.05, 4.69) is 10.1 Å². The molecule has 1 N–H and O–H groups in total. The number of para-hydroxylation sites is 1. The molecule has 0 radical (unpaired) electrons. The summed E-state index contributed by atoms with van der Waals surface area (Å²) < 4.78 is 12.3. The average molecular weight is 497 g/mol. The second-order valence-corrected chi connectivity index (χ2v) is 9.01. The molecular weight excluding hydrogens is 474 g/mol. The van der Waals surface area contributed by atoms with Crippen LogP contribution < -0.4 is 24.6 Å². The normalized spacial score (nSPS) is 15.5. The molecule has 180 valence electrons. The summed E-state index contributed by atoms with van der Waals surface area (Å²) in [5, 5.41) is 17.2. The molecule has 0 bridgehead atoms. The predicted octanol–water partition coefficient (Wildman–Crippen LogP) is 3.17. The SMILES string of the molecule is CCCSc1n[n+]2c(c(=O)[nH]1)-c1ccccc1N(C(=O)CC)[C@@H]2c1cc2c(cc1[N+](=O)[O-])OCO2. The second kappa shape index (κ2) is 9.02. The van der Waals surface area contributed by atoms with Crippen LogP contribution in [0.15, 0.2) is 46.3 Å². The van der Waals surface area contributed by atoms with E-state index in [1.54, 1.807) is 31.2 Å². The number of hydrogen-bond donors (Lipinski definition) is 1. The number of thioether (sulfide) groups is 1. The number of nitro groups is 1. The van der Waals surface area contributed by atoms with E-state index in [1.807, 2.05) is 6.92 Å². The van der Waals surface area contributed by atoms with Gasteiger partial charge in [0, 0.05) is 23.3 Å². The van der Waals surface area contributed by atoms with Crippen LogP contribution in [0, 0.1) is 10.1 Å². The van der Waals surface area contributed by atoms with E-state index in [-0.39, 0.29) is 41.8 Å². The molecule has 2 aliphatic heterocycles. The monoisotopic (exact) mass is 496 g/mol. The van der Waals surface area contributed by atoms with Crippen molar-refractivity contribution in [2.24, 2.45) is 0 Å². The molecule has 5 rings (SSSR count). The lowest BCUT2D eigenvalue weighted by atomic mass is 9.99. The molecule has 0 saturated carbocycles. The number of aromatic amines is 1. The summed E-state index contributed by atoms with van der Waals surface area (Å²) in [4.78, 5) is 42.6. The molecule has 2 aliphatic rings. The Labute approximate surface area is 203 Å². The number of ether oxygens (including phenoxy) is 2. The van der Waals surface area contributed by atoms with E-state index in [1.165, 1.54) is 33.5 Å². The minimum absolute atomic E-state index is 0.0689. The quantitative estimate of drug-likeness (QED) is 0.238. The van der Waals surface area contributed by atoms with Crippen molar-refractivity contribution in [1.82, 2.24) is 10.1 Å². The van der Waals surface area contributed by atoms with Crippen molar-refractivity contribution in [3.8, 4) is 22.8 Å². The molecule has 0 fully saturated rings. The molecule has 1 amide bonds. The first-order valence-electron chi connectivity index (χ1n) is 11.1. The van der Waals surface area contributed by atoms with Gasteiger partial charge in [0.1, 0.15) is 5.56 Å². The Morgan fingerprint density at radius 2 is 2.03 bits per heavy atom. The van der Waals surface area contributed by atoms with Gasteiger partial charge in [-0.1, -0.05) is 37.7 Å². The van der Waals surface area contributed by atoms with Gasteiger partial charge in [-0.25, -0.2) is 4.90 Å². The van der Waals surface area contributed by atoms with Gasteiger partial charge in [0.05, 0.1) is 22.2 Å². The zero-order valence-corrected chi connectivity index (χ0v) is 19.8. The molecule has 0 spiro atoms. The third-order valence-corrected chi connectivity index (χ3v) is 6.84. The Hall–Kier alpha value is -3.93. The molecule has 2 aromatic carbocycles. The van der Waals surface area contributed by atoms with Gasteiger partial charge >= 0.3 is 11.3 Å². The number of hydrogen-bond acceptors (Lipinski definition) is 8. The zero-order chi connectivity index (χ0) is 24.7. The fourth-order valence-corrected chi connectivity index (χ4v) is 4.98. The Bertz CT molecular complexity index is 1410. The topological polar surface area (TPSA) is 132 Å². The van der Waals surface area contributed by atoms with Crippen LogP contribution in [0.25, 0.3) is 11.3 Å². The molecule has 0 aliphatic carbocycles. The van der Waals surface area contributed by atoms with E-state index in [4.69, 9.17) is 9.47 Å². The maximum Gasteiger partial charge on any atom is 0.325 e. The number of carbonyl (C=O) groups excluding carboxylic acids is 1. The van der Waals surface area contributed by atoms with E-state index in [0.29, 0.717) is 27.9 Å². The standard InChI is InChI=1S/C23H21N5O6S/c1-3-9-35-23-24-21(30)20-13-7-5-6-8-15(13)26(19(29)4-2)22(27(20)25-23)14-10-17-18(34-12-33-17)11-16(14)28(31)32/h5-8,10-11,22H,3-4,9,12H2,1-2H3/p+1/t22-/m0/s1. The van der Waals surface area contributed by atoms with Crippen LogP contribution in [0.2, 0.25) is 0 Å². The van der Waals surface area contributed by atoms with Gasteiger partial charge in [0.2, 0.25) is 17.9 Å². The van der Waals surface area contributed by atoms with Gasteiger partial charge in [-0.3, -0.25) is 24.7 Å². The Morgan fingerprint density at radius 1 is 1.29 bits per heavy atom. The number of nitrogens with one attached hydrogen (secondary N) is 1. The van der Waals surface area contributed by atoms with Gasteiger partial charge in [0.25, 0.3) is 11.9 Å². The highest BCUT2D eigenvalue weighted by atomic mass is 32.2. The number of amides is 1. The number of aromatic nitrogens is 3. The van der Waals surface area contributed by atoms with Crippen molar-refractivity contribution in [2.75, 3.05) is 17.4 Å². The predicted molar refractivity (Wildman–Crippen MR) is 127 cm³/mol. The number of nitro benzene ring substituents is 1. The average Bonchev–Trinajstić information content (AvgIpc) is 3.32. The number of anilines is 1. The van der Waals surface area contributed by atoms with Crippen LogP contribution in [-0.2, 0) is 4.79 Å². The maximum absolute atomic E-state index is 13.3. The molecule has 3 heterocycles. The van der Waals surface area contributed by atoms with Gasteiger partial charge in [-0.15, -0.1) is 0 Å². The smallest absolute Gasteiger partial charge is 0.325 e. The molecular formula is C23H22N5O6S+. The van der Waals surface area contributed by atoms with Crippen LogP contribution >= 0.6 is 11.8 Å². The lowest BCUT2D eigenvalue weighted by Crippen LogP contribution is -2.61. The summed E-state index contributed by atoms with van der Waals surface area (Å²) in [6.07, 6.45) is -0.0959. The number of nitrogens with zero attached hydrogens (tertiary/aromatic N) is 4. The molecule has 0 saturated heterocycles. The molecule has 0 unspecified atom stereocenters. The molecule has 3 aromatic rings. The van der Waals surface area contributed by atoms with E-state index < -0.39 is 16.6 Å². The summed E-state index contributed by atoms with van der Waals surface area (Å²) in [7, 11) is 0. The first kappa shape index (κ1) is 22.8. The fourth-order valence-electron chi connectivity index (χ4n) is 4.27. The van der Waals surface area contributed by atoms with Crippen LogP contribution in [-0.4, -0.2) is 33.5 Å². The number of benzene rings is 2.